The molecule has 0 unspecified atom stereocenters. The maximum atomic E-state index is 2.23. The van der Waals surface area contributed by atoms with E-state index in [0.29, 0.717) is 0 Å². The van der Waals surface area contributed by atoms with Gasteiger partial charge >= 0.3 is 26.2 Å². The van der Waals surface area contributed by atoms with E-state index in [1.54, 1.807) is 10.6 Å². The summed E-state index contributed by atoms with van der Waals surface area (Å²) < 4.78 is 0. The molecule has 0 spiro atoms. The maximum absolute atomic E-state index is 2.23. The minimum atomic E-state index is 0. The first kappa shape index (κ1) is 18.9. The van der Waals surface area contributed by atoms with Crippen LogP contribution in [0.2, 0.25) is 0 Å². The average Bonchev–Trinajstić information content (AvgIpc) is 1.98. The Morgan fingerprint density at radius 2 is 1.00 bits per heavy atom. The summed E-state index contributed by atoms with van der Waals surface area (Å²) in [6.45, 7) is 8.89. The second-order valence-corrected chi connectivity index (χ2v) is 4.38. The third kappa shape index (κ3) is 3.97. The second kappa shape index (κ2) is 7.63. The Morgan fingerprint density at radius 3 is 1.08 bits per heavy atom. The van der Waals surface area contributed by atoms with Gasteiger partial charge in [0.2, 0.25) is 0 Å². The van der Waals surface area contributed by atoms with Crippen LogP contribution in [0.4, 0.5) is 0 Å². The van der Waals surface area contributed by atoms with E-state index in [0.717, 1.165) is 8.19 Å². The molecule has 0 saturated carbocycles. The van der Waals surface area contributed by atoms with E-state index >= 15 is 0 Å². The molecule has 0 atom stereocenters. The van der Waals surface area contributed by atoms with Gasteiger partial charge in [0.15, 0.2) is 0 Å². The van der Waals surface area contributed by atoms with Crippen molar-refractivity contribution < 1.29 is 51.0 Å². The van der Waals surface area contributed by atoms with Crippen LogP contribution in [0.5, 0.6) is 0 Å². The molecule has 0 bridgehead atoms. The number of hydrogen-bond donors (Lipinski definition) is 0. The number of halogens is 2. The van der Waals surface area contributed by atoms with Crippen LogP contribution in [0.1, 0.15) is 21.7 Å². The molecular weight excluding hydrogens is 289 g/mol. The Kier molecular flexibility index (Phi) is 12.0. The van der Waals surface area contributed by atoms with Crippen LogP contribution in [0.15, 0.2) is 0 Å². The number of hydrogen-bond acceptors (Lipinski definition) is 0. The van der Waals surface area contributed by atoms with Gasteiger partial charge in [-0.2, -0.15) is 0 Å². The van der Waals surface area contributed by atoms with Crippen molar-refractivity contribution in [2.75, 3.05) is 0 Å². The molecule has 0 N–H and O–H groups in total. The molecule has 12 heavy (non-hydrogen) atoms. The molecule has 4 heteroatoms. The molecule has 0 aliphatic heterocycles. The van der Waals surface area contributed by atoms with Crippen molar-refractivity contribution >= 4 is 8.19 Å². The molecule has 0 fully saturated rings. The summed E-state index contributed by atoms with van der Waals surface area (Å²) >= 11 is 0. The first-order valence-electron chi connectivity index (χ1n) is 3.25. The van der Waals surface area contributed by atoms with Crippen molar-refractivity contribution in [3.63, 3.8) is 0 Å². The van der Waals surface area contributed by atoms with E-state index in [2.05, 4.69) is 27.7 Å². The molecule has 1 rings (SSSR count). The molecule has 0 saturated heterocycles. The zero-order valence-electron chi connectivity index (χ0n) is 7.76. The van der Waals surface area contributed by atoms with E-state index in [9.17, 15) is 0 Å². The molecule has 0 aliphatic rings. The van der Waals surface area contributed by atoms with E-state index in [1.807, 2.05) is 0 Å². The van der Waals surface area contributed by atoms with Crippen LogP contribution in [0.25, 0.3) is 0 Å². The normalized spacial score (nSPS) is 7.67. The van der Waals surface area contributed by atoms with Crippen molar-refractivity contribution in [2.45, 2.75) is 27.7 Å². The average molecular weight is 302 g/mol. The van der Waals surface area contributed by atoms with Crippen LogP contribution in [0.3, 0.4) is 0 Å². The Labute approximate surface area is 108 Å². The molecular formula is C8H13Cl2PZr. The van der Waals surface area contributed by atoms with Gasteiger partial charge in [0.05, 0.1) is 0 Å². The smallest absolute Gasteiger partial charge is 1.00 e. The van der Waals surface area contributed by atoms with Crippen molar-refractivity contribution in [2.24, 2.45) is 0 Å². The maximum Gasteiger partial charge on any atom is 2.00 e. The second-order valence-electron chi connectivity index (χ2n) is 2.62. The summed E-state index contributed by atoms with van der Waals surface area (Å²) in [5, 5.41) is 3.15. The predicted molar refractivity (Wildman–Crippen MR) is 44.9 cm³/mol. The summed E-state index contributed by atoms with van der Waals surface area (Å²) in [6.07, 6.45) is 0. The molecule has 1 aromatic rings. The Balaban J connectivity index is -0.000000270. The van der Waals surface area contributed by atoms with Gasteiger partial charge in [-0.3, -0.25) is 0 Å². The van der Waals surface area contributed by atoms with Gasteiger partial charge in [-0.25, -0.2) is 0 Å². The first-order valence-corrected chi connectivity index (χ1v) is 4.25. The van der Waals surface area contributed by atoms with Gasteiger partial charge in [-0.15, -0.1) is 8.19 Å². The monoisotopic (exact) mass is 300 g/mol. The van der Waals surface area contributed by atoms with E-state index in [4.69, 9.17) is 0 Å². The minimum Gasteiger partial charge on any atom is -1.00 e. The minimum absolute atomic E-state index is 0. The van der Waals surface area contributed by atoms with Crippen LogP contribution < -0.4 is 24.8 Å². The third-order valence-electron chi connectivity index (χ3n) is 2.06. The van der Waals surface area contributed by atoms with Crippen LogP contribution >= 0.6 is 8.19 Å². The van der Waals surface area contributed by atoms with E-state index in [1.165, 1.54) is 11.1 Å². The molecule has 0 nitrogen and oxygen atoms in total. The van der Waals surface area contributed by atoms with Gasteiger partial charge in [0, 0.05) is 0 Å². The van der Waals surface area contributed by atoms with Gasteiger partial charge in [0.25, 0.3) is 0 Å². The number of rotatable bonds is 0. The van der Waals surface area contributed by atoms with Crippen molar-refractivity contribution in [1.29, 1.82) is 0 Å². The Bertz CT molecular complexity index is 211. The van der Waals surface area contributed by atoms with Gasteiger partial charge in [0.1, 0.15) is 0 Å². The third-order valence-corrected chi connectivity index (χ3v) is 3.56. The fourth-order valence-corrected chi connectivity index (χ4v) is 2.34. The molecule has 1 aromatic heterocycles. The first-order chi connectivity index (χ1) is 4.13. The molecule has 0 aromatic carbocycles. The van der Waals surface area contributed by atoms with Gasteiger partial charge < -0.3 is 24.8 Å². The number of aryl methyl sites for hydroxylation is 2. The zero-order chi connectivity index (χ0) is 7.02. The molecule has 68 valence electrons. The summed E-state index contributed by atoms with van der Waals surface area (Å²) in [5.41, 5.74) is 3.04. The quantitative estimate of drug-likeness (QED) is 0.478. The van der Waals surface area contributed by atoms with E-state index in [-0.39, 0.29) is 51.0 Å². The summed E-state index contributed by atoms with van der Waals surface area (Å²) in [7, 11) is 0.976. The molecule has 0 amide bonds. The SMILES string of the molecule is Cc1[pH]c(C)c(C)c1C.[Cl-].[Cl-].[Zr+2]. The fraction of sp³-hybridized carbons (Fsp3) is 0.500. The van der Waals surface area contributed by atoms with Gasteiger partial charge in [-0.05, 0) is 49.4 Å². The molecule has 0 radical (unpaired) electrons. The van der Waals surface area contributed by atoms with Crippen LogP contribution in [-0.4, -0.2) is 0 Å². The topological polar surface area (TPSA) is 0 Å². The standard InChI is InChI=1S/C8H13P.2ClH.Zr/c1-5-6(2)8(4)9-7(5)3;;;/h9H,1-4H3;2*1H;/q;;;+2/p-2. The fourth-order valence-electron chi connectivity index (χ4n) is 1.03. The Morgan fingerprint density at radius 1 is 0.750 bits per heavy atom. The zero-order valence-corrected chi connectivity index (χ0v) is 12.7. The predicted octanol–water partition coefficient (Wildman–Crippen LogP) is -3.04. The molecule has 1 heterocycles. The van der Waals surface area contributed by atoms with Crippen molar-refractivity contribution in [3.05, 3.63) is 21.7 Å². The van der Waals surface area contributed by atoms with Gasteiger partial charge in [-0.1, -0.05) is 0 Å². The van der Waals surface area contributed by atoms with Crippen molar-refractivity contribution in [3.8, 4) is 0 Å². The summed E-state index contributed by atoms with van der Waals surface area (Å²) in [6, 6.07) is 0. The van der Waals surface area contributed by atoms with Crippen LogP contribution in [0, 0.1) is 27.7 Å². The summed E-state index contributed by atoms with van der Waals surface area (Å²) in [4.78, 5) is 0. The van der Waals surface area contributed by atoms with Crippen molar-refractivity contribution in [1.82, 2.24) is 0 Å². The largest absolute Gasteiger partial charge is 2.00 e. The molecule has 0 aliphatic carbocycles. The Hall–Kier alpha value is 1.24. The summed E-state index contributed by atoms with van der Waals surface area (Å²) in [5.74, 6) is 0. The van der Waals surface area contributed by atoms with Crippen LogP contribution in [-0.2, 0) is 26.2 Å². The van der Waals surface area contributed by atoms with E-state index < -0.39 is 0 Å².